The van der Waals surface area contributed by atoms with Crippen LogP contribution in [0.2, 0.25) is 0 Å². The summed E-state index contributed by atoms with van der Waals surface area (Å²) in [5.74, 6) is 0.678. The summed E-state index contributed by atoms with van der Waals surface area (Å²) in [5, 5.41) is 8.37. The van der Waals surface area contributed by atoms with Crippen LogP contribution < -0.4 is 0 Å². The second-order valence-corrected chi connectivity index (χ2v) is 4.31. The molecule has 0 saturated heterocycles. The topological polar surface area (TPSA) is 23.8 Å². The van der Waals surface area contributed by atoms with E-state index in [4.69, 9.17) is 5.26 Å². The first-order valence-corrected chi connectivity index (χ1v) is 4.81. The summed E-state index contributed by atoms with van der Waals surface area (Å²) in [7, 11) is 0. The lowest BCUT2D eigenvalue weighted by atomic mass is 9.76. The lowest BCUT2D eigenvalue weighted by Crippen LogP contribution is -2.19. The molecule has 70 valence electrons. The van der Waals surface area contributed by atoms with Crippen LogP contribution in [0.1, 0.15) is 33.6 Å². The van der Waals surface area contributed by atoms with Gasteiger partial charge in [0.1, 0.15) is 0 Å². The van der Waals surface area contributed by atoms with Crippen molar-refractivity contribution in [2.24, 2.45) is 11.3 Å². The zero-order valence-electron chi connectivity index (χ0n) is 8.67. The lowest BCUT2D eigenvalue weighted by Gasteiger charge is -2.28. The second-order valence-electron chi connectivity index (χ2n) is 4.31. The summed E-state index contributed by atoms with van der Waals surface area (Å²) in [6, 6.07) is 2.03. The van der Waals surface area contributed by atoms with E-state index in [2.05, 4.69) is 26.8 Å². The molecule has 1 nitrogen and oxygen atoms in total. The Morgan fingerprint density at radius 1 is 1.69 bits per heavy atom. The van der Waals surface area contributed by atoms with E-state index >= 15 is 0 Å². The van der Waals surface area contributed by atoms with Crippen LogP contribution in [0.15, 0.2) is 23.8 Å². The van der Waals surface area contributed by atoms with Crippen LogP contribution in [-0.2, 0) is 0 Å². The fraction of sp³-hybridized carbons (Fsp3) is 0.583. The van der Waals surface area contributed by atoms with Gasteiger partial charge in [0, 0.05) is 6.08 Å². The molecule has 1 unspecified atom stereocenters. The fourth-order valence-electron chi connectivity index (χ4n) is 1.87. The number of allylic oxidation sites excluding steroid dienone is 4. The predicted octanol–water partition coefficient (Wildman–Crippen LogP) is 3.45. The van der Waals surface area contributed by atoms with Crippen molar-refractivity contribution < 1.29 is 0 Å². The van der Waals surface area contributed by atoms with Crippen LogP contribution in [0.5, 0.6) is 0 Å². The Morgan fingerprint density at radius 2 is 2.38 bits per heavy atom. The maximum atomic E-state index is 8.37. The van der Waals surface area contributed by atoms with E-state index < -0.39 is 0 Å². The van der Waals surface area contributed by atoms with Gasteiger partial charge >= 0.3 is 0 Å². The average Bonchev–Trinajstić information content (AvgIpc) is 2.32. The van der Waals surface area contributed by atoms with E-state index in [1.165, 1.54) is 5.57 Å². The molecular weight excluding hydrogens is 158 g/mol. The van der Waals surface area contributed by atoms with Crippen LogP contribution in [-0.4, -0.2) is 0 Å². The average molecular weight is 175 g/mol. The summed E-state index contributed by atoms with van der Waals surface area (Å²) in [6.45, 7) is 6.78. The first-order chi connectivity index (χ1) is 6.09. The van der Waals surface area contributed by atoms with Crippen molar-refractivity contribution in [2.45, 2.75) is 33.6 Å². The van der Waals surface area contributed by atoms with Gasteiger partial charge in [-0.25, -0.2) is 0 Å². The lowest BCUT2D eigenvalue weighted by molar-refractivity contribution is 0.295. The van der Waals surface area contributed by atoms with Gasteiger partial charge in [-0.2, -0.15) is 5.26 Å². The van der Waals surface area contributed by atoms with Gasteiger partial charge in [0.25, 0.3) is 0 Å². The fourth-order valence-corrected chi connectivity index (χ4v) is 1.87. The molecule has 0 amide bonds. The zero-order valence-corrected chi connectivity index (χ0v) is 8.67. The Labute approximate surface area is 80.8 Å². The van der Waals surface area contributed by atoms with Gasteiger partial charge in [0.05, 0.1) is 6.07 Å². The molecule has 0 heterocycles. The quantitative estimate of drug-likeness (QED) is 0.466. The minimum Gasteiger partial charge on any atom is -0.193 e. The number of nitrogens with zero attached hydrogens (tertiary/aromatic N) is 1. The molecular formula is C12H17N. The first kappa shape index (κ1) is 10.1. The van der Waals surface area contributed by atoms with Crippen molar-refractivity contribution in [3.8, 4) is 6.07 Å². The Kier molecular flexibility index (Phi) is 2.93. The van der Waals surface area contributed by atoms with E-state index in [0.29, 0.717) is 11.3 Å². The van der Waals surface area contributed by atoms with Crippen molar-refractivity contribution in [1.29, 1.82) is 5.26 Å². The third kappa shape index (κ3) is 2.01. The molecule has 0 spiro atoms. The molecule has 0 saturated carbocycles. The molecule has 0 aromatic carbocycles. The highest BCUT2D eigenvalue weighted by Crippen LogP contribution is 2.44. The maximum Gasteiger partial charge on any atom is 0.0908 e. The molecule has 1 aliphatic rings. The Morgan fingerprint density at radius 3 is 2.85 bits per heavy atom. The summed E-state index contributed by atoms with van der Waals surface area (Å²) in [5.41, 5.74) is 1.81. The molecule has 1 aliphatic carbocycles. The predicted molar refractivity (Wildman–Crippen MR) is 55.0 cm³/mol. The molecule has 0 radical (unpaired) electrons. The summed E-state index contributed by atoms with van der Waals surface area (Å²) < 4.78 is 0. The number of hydrogen-bond acceptors (Lipinski definition) is 1. The van der Waals surface area contributed by atoms with Crippen molar-refractivity contribution in [2.75, 3.05) is 0 Å². The van der Waals surface area contributed by atoms with E-state index in [-0.39, 0.29) is 0 Å². The van der Waals surface area contributed by atoms with Gasteiger partial charge in [0.2, 0.25) is 0 Å². The standard InChI is InChI=1S/C12H17N/c1-10-7-8-11(12(10,2)3)6-4-5-9-13/h4-5,7,11H,6,8H2,1-3H3/b5-4+. The van der Waals surface area contributed by atoms with Gasteiger partial charge < -0.3 is 0 Å². The largest absolute Gasteiger partial charge is 0.193 e. The smallest absolute Gasteiger partial charge is 0.0908 e. The summed E-state index contributed by atoms with van der Waals surface area (Å²) in [6.07, 6.45) is 8.08. The molecule has 0 N–H and O–H groups in total. The van der Waals surface area contributed by atoms with Gasteiger partial charge in [-0.3, -0.25) is 0 Å². The number of hydrogen-bond donors (Lipinski definition) is 0. The zero-order chi connectivity index (χ0) is 9.90. The SMILES string of the molecule is CC1=CCC(C/C=C/C#N)C1(C)C. The van der Waals surface area contributed by atoms with E-state index in [1.54, 1.807) is 6.08 Å². The second kappa shape index (κ2) is 3.79. The third-order valence-corrected chi connectivity index (χ3v) is 3.36. The number of nitriles is 1. The van der Waals surface area contributed by atoms with E-state index in [1.807, 2.05) is 12.1 Å². The molecule has 0 aliphatic heterocycles. The first-order valence-electron chi connectivity index (χ1n) is 4.81. The summed E-state index contributed by atoms with van der Waals surface area (Å²) in [4.78, 5) is 0. The van der Waals surface area contributed by atoms with Crippen LogP contribution in [0, 0.1) is 22.7 Å². The minimum atomic E-state index is 0.319. The highest BCUT2D eigenvalue weighted by Gasteiger charge is 2.33. The van der Waals surface area contributed by atoms with E-state index in [0.717, 1.165) is 12.8 Å². The van der Waals surface area contributed by atoms with Crippen molar-refractivity contribution in [1.82, 2.24) is 0 Å². The van der Waals surface area contributed by atoms with Gasteiger partial charge in [0.15, 0.2) is 0 Å². The van der Waals surface area contributed by atoms with Crippen LogP contribution >= 0.6 is 0 Å². The minimum absolute atomic E-state index is 0.319. The monoisotopic (exact) mass is 175 g/mol. The van der Waals surface area contributed by atoms with Crippen LogP contribution in [0.4, 0.5) is 0 Å². The molecule has 0 aromatic rings. The normalized spacial score (nSPS) is 26.0. The van der Waals surface area contributed by atoms with Crippen molar-refractivity contribution in [3.05, 3.63) is 23.8 Å². The maximum absolute atomic E-state index is 8.37. The van der Waals surface area contributed by atoms with Crippen LogP contribution in [0.25, 0.3) is 0 Å². The molecule has 1 atom stereocenters. The van der Waals surface area contributed by atoms with Crippen molar-refractivity contribution in [3.63, 3.8) is 0 Å². The Balaban J connectivity index is 2.57. The highest BCUT2D eigenvalue weighted by atomic mass is 14.4. The molecule has 0 bridgehead atoms. The van der Waals surface area contributed by atoms with Gasteiger partial charge in [-0.15, -0.1) is 0 Å². The van der Waals surface area contributed by atoms with Gasteiger partial charge in [-0.05, 0) is 31.1 Å². The third-order valence-electron chi connectivity index (χ3n) is 3.36. The summed E-state index contributed by atoms with van der Waals surface area (Å²) >= 11 is 0. The van der Waals surface area contributed by atoms with Crippen LogP contribution in [0.3, 0.4) is 0 Å². The van der Waals surface area contributed by atoms with Gasteiger partial charge in [-0.1, -0.05) is 31.6 Å². The molecule has 0 fully saturated rings. The molecule has 1 rings (SSSR count). The Hall–Kier alpha value is -1.03. The highest BCUT2D eigenvalue weighted by molar-refractivity contribution is 5.19. The van der Waals surface area contributed by atoms with Crippen molar-refractivity contribution >= 4 is 0 Å². The Bertz CT molecular complexity index is 276. The molecule has 0 aromatic heterocycles. The van der Waals surface area contributed by atoms with E-state index in [9.17, 15) is 0 Å². The molecule has 13 heavy (non-hydrogen) atoms. The number of rotatable bonds is 2. The molecule has 1 heteroatoms.